The number of ether oxygens (including phenoxy) is 1. The standard InChI is InChI=1S/C6H7NO2/c1-7-3-5-9-4-2-6(7)8/h2-5H,1H3. The van der Waals surface area contributed by atoms with Crippen LogP contribution in [-0.4, -0.2) is 17.9 Å². The number of carbonyl (C=O) groups excluding carboxylic acids is 1. The SMILES string of the molecule is CN1C=COC=CC1=O. The van der Waals surface area contributed by atoms with Crippen LogP contribution in [-0.2, 0) is 9.53 Å². The molecule has 3 nitrogen and oxygen atoms in total. The van der Waals surface area contributed by atoms with Crippen LogP contribution in [0.25, 0.3) is 0 Å². The summed E-state index contributed by atoms with van der Waals surface area (Å²) in [5, 5.41) is 0. The summed E-state index contributed by atoms with van der Waals surface area (Å²) in [7, 11) is 1.66. The average Bonchev–Trinajstić information content (AvgIpc) is 1.99. The Kier molecular flexibility index (Phi) is 1.53. The molecule has 0 aromatic rings. The summed E-state index contributed by atoms with van der Waals surface area (Å²) in [6.07, 6.45) is 5.71. The Balaban J connectivity index is 2.73. The lowest BCUT2D eigenvalue weighted by Crippen LogP contribution is -2.16. The van der Waals surface area contributed by atoms with E-state index in [9.17, 15) is 4.79 Å². The van der Waals surface area contributed by atoms with Gasteiger partial charge in [-0.3, -0.25) is 4.79 Å². The molecule has 0 spiro atoms. The molecule has 0 saturated carbocycles. The molecule has 0 atom stereocenters. The van der Waals surface area contributed by atoms with Gasteiger partial charge in [-0.25, -0.2) is 0 Å². The van der Waals surface area contributed by atoms with E-state index in [4.69, 9.17) is 4.74 Å². The third-order valence-electron chi connectivity index (χ3n) is 1.000. The Morgan fingerprint density at radius 1 is 1.56 bits per heavy atom. The Bertz CT molecular complexity index is 172. The third-order valence-corrected chi connectivity index (χ3v) is 1.000. The number of carbonyl (C=O) groups is 1. The average molecular weight is 125 g/mol. The topological polar surface area (TPSA) is 29.5 Å². The Hall–Kier alpha value is -1.25. The van der Waals surface area contributed by atoms with Crippen molar-refractivity contribution in [2.75, 3.05) is 7.05 Å². The first-order valence-electron chi connectivity index (χ1n) is 2.56. The van der Waals surface area contributed by atoms with Crippen molar-refractivity contribution in [3.63, 3.8) is 0 Å². The molecule has 9 heavy (non-hydrogen) atoms. The molecule has 0 bridgehead atoms. The first kappa shape index (κ1) is 5.88. The molecular weight excluding hydrogens is 118 g/mol. The van der Waals surface area contributed by atoms with Crippen molar-refractivity contribution in [3.8, 4) is 0 Å². The van der Waals surface area contributed by atoms with Gasteiger partial charge in [0.05, 0.1) is 6.26 Å². The molecule has 1 rings (SSSR count). The van der Waals surface area contributed by atoms with Gasteiger partial charge < -0.3 is 9.64 Å². The number of hydrogen-bond acceptors (Lipinski definition) is 2. The summed E-state index contributed by atoms with van der Waals surface area (Å²) in [5.74, 6) is -0.0799. The van der Waals surface area contributed by atoms with Gasteiger partial charge in [-0.15, -0.1) is 0 Å². The second-order valence-electron chi connectivity index (χ2n) is 1.67. The summed E-state index contributed by atoms with van der Waals surface area (Å²) in [6.45, 7) is 0. The van der Waals surface area contributed by atoms with Gasteiger partial charge in [0.15, 0.2) is 0 Å². The van der Waals surface area contributed by atoms with E-state index in [2.05, 4.69) is 0 Å². The lowest BCUT2D eigenvalue weighted by atomic mass is 10.5. The van der Waals surface area contributed by atoms with Crippen LogP contribution in [0.2, 0.25) is 0 Å². The molecule has 0 fully saturated rings. The minimum Gasteiger partial charge on any atom is -0.471 e. The zero-order valence-electron chi connectivity index (χ0n) is 5.07. The van der Waals surface area contributed by atoms with E-state index in [-0.39, 0.29) is 5.91 Å². The van der Waals surface area contributed by atoms with Crippen molar-refractivity contribution in [3.05, 3.63) is 24.8 Å². The minimum absolute atomic E-state index is 0.0799. The number of likely N-dealkylation sites (N-methyl/N-ethyl adjacent to an activating group) is 1. The molecule has 0 saturated heterocycles. The maximum absolute atomic E-state index is 10.7. The molecule has 1 aliphatic rings. The van der Waals surface area contributed by atoms with E-state index in [1.165, 1.54) is 23.5 Å². The maximum atomic E-state index is 10.7. The number of rotatable bonds is 0. The minimum atomic E-state index is -0.0799. The van der Waals surface area contributed by atoms with Crippen molar-refractivity contribution in [2.24, 2.45) is 0 Å². The van der Waals surface area contributed by atoms with Gasteiger partial charge in [0.1, 0.15) is 6.26 Å². The highest BCUT2D eigenvalue weighted by atomic mass is 16.5. The highest BCUT2D eigenvalue weighted by Gasteiger charge is 2.01. The van der Waals surface area contributed by atoms with Crippen LogP contribution in [0.5, 0.6) is 0 Å². The fraction of sp³-hybridized carbons (Fsp3) is 0.167. The van der Waals surface area contributed by atoms with E-state index in [0.717, 1.165) is 0 Å². The molecule has 0 unspecified atom stereocenters. The van der Waals surface area contributed by atoms with E-state index in [1.54, 1.807) is 13.2 Å². The molecule has 1 heterocycles. The molecule has 0 aromatic heterocycles. The highest BCUT2D eigenvalue weighted by Crippen LogP contribution is 1.94. The first-order chi connectivity index (χ1) is 4.30. The molecule has 1 amide bonds. The summed E-state index contributed by atoms with van der Waals surface area (Å²) in [4.78, 5) is 12.2. The second kappa shape index (κ2) is 2.35. The molecule has 3 heteroatoms. The van der Waals surface area contributed by atoms with E-state index >= 15 is 0 Å². The normalized spacial score (nSPS) is 17.4. The lowest BCUT2D eigenvalue weighted by Gasteiger charge is -2.03. The number of hydrogen-bond donors (Lipinski definition) is 0. The van der Waals surface area contributed by atoms with Gasteiger partial charge in [-0.1, -0.05) is 0 Å². The Morgan fingerprint density at radius 2 is 2.33 bits per heavy atom. The number of nitrogens with zero attached hydrogens (tertiary/aromatic N) is 1. The van der Waals surface area contributed by atoms with Gasteiger partial charge in [0, 0.05) is 19.3 Å². The van der Waals surface area contributed by atoms with Crippen LogP contribution in [0.4, 0.5) is 0 Å². The fourth-order valence-electron chi connectivity index (χ4n) is 0.460. The predicted molar refractivity (Wildman–Crippen MR) is 32.1 cm³/mol. The van der Waals surface area contributed by atoms with Crippen LogP contribution >= 0.6 is 0 Å². The highest BCUT2D eigenvalue weighted by molar-refractivity contribution is 5.88. The zero-order valence-corrected chi connectivity index (χ0v) is 5.07. The van der Waals surface area contributed by atoms with Crippen LogP contribution in [0, 0.1) is 0 Å². The molecule has 1 aliphatic heterocycles. The molecular formula is C6H7NO2. The second-order valence-corrected chi connectivity index (χ2v) is 1.67. The van der Waals surface area contributed by atoms with E-state index < -0.39 is 0 Å². The zero-order chi connectivity index (χ0) is 6.69. The van der Waals surface area contributed by atoms with Gasteiger partial charge in [-0.05, 0) is 0 Å². The first-order valence-corrected chi connectivity index (χ1v) is 2.56. The van der Waals surface area contributed by atoms with E-state index in [0.29, 0.717) is 0 Å². The summed E-state index contributed by atoms with van der Waals surface area (Å²) >= 11 is 0. The van der Waals surface area contributed by atoms with Crippen molar-refractivity contribution in [1.82, 2.24) is 4.90 Å². The van der Waals surface area contributed by atoms with Crippen molar-refractivity contribution < 1.29 is 9.53 Å². The molecule has 0 N–H and O–H groups in total. The van der Waals surface area contributed by atoms with Crippen LogP contribution in [0.15, 0.2) is 24.8 Å². The quantitative estimate of drug-likeness (QED) is 0.470. The van der Waals surface area contributed by atoms with Crippen molar-refractivity contribution in [2.45, 2.75) is 0 Å². The van der Waals surface area contributed by atoms with Crippen LogP contribution < -0.4 is 0 Å². The summed E-state index contributed by atoms with van der Waals surface area (Å²) in [5.41, 5.74) is 0. The van der Waals surface area contributed by atoms with Crippen LogP contribution in [0.3, 0.4) is 0 Å². The third kappa shape index (κ3) is 1.32. The van der Waals surface area contributed by atoms with Gasteiger partial charge in [-0.2, -0.15) is 0 Å². The smallest absolute Gasteiger partial charge is 0.253 e. The van der Waals surface area contributed by atoms with Gasteiger partial charge >= 0.3 is 0 Å². The monoisotopic (exact) mass is 125 g/mol. The maximum Gasteiger partial charge on any atom is 0.253 e. The molecule has 0 aromatic carbocycles. The summed E-state index contributed by atoms with van der Waals surface area (Å²) in [6, 6.07) is 0. The molecule has 48 valence electrons. The number of amides is 1. The van der Waals surface area contributed by atoms with Crippen molar-refractivity contribution >= 4 is 5.91 Å². The van der Waals surface area contributed by atoms with Gasteiger partial charge in [0.2, 0.25) is 0 Å². The predicted octanol–water partition coefficient (Wildman–Crippen LogP) is 0.460. The fourth-order valence-corrected chi connectivity index (χ4v) is 0.460. The molecule has 0 radical (unpaired) electrons. The largest absolute Gasteiger partial charge is 0.471 e. The lowest BCUT2D eigenvalue weighted by molar-refractivity contribution is -0.122. The van der Waals surface area contributed by atoms with E-state index in [1.807, 2.05) is 0 Å². The Labute approximate surface area is 53.2 Å². The van der Waals surface area contributed by atoms with Crippen LogP contribution in [0.1, 0.15) is 0 Å². The van der Waals surface area contributed by atoms with Gasteiger partial charge in [0.25, 0.3) is 5.91 Å². The summed E-state index contributed by atoms with van der Waals surface area (Å²) < 4.78 is 4.71. The van der Waals surface area contributed by atoms with Crippen molar-refractivity contribution in [1.29, 1.82) is 0 Å². The molecule has 0 aliphatic carbocycles. The Morgan fingerprint density at radius 3 is 3.11 bits per heavy atom.